The van der Waals surface area contributed by atoms with Gasteiger partial charge in [-0.3, -0.25) is 0 Å². The first-order valence-electron chi connectivity index (χ1n) is 7.09. The monoisotopic (exact) mass is 290 g/mol. The number of hydrogen-bond acceptors (Lipinski definition) is 5. The van der Waals surface area contributed by atoms with Gasteiger partial charge in [-0.15, -0.1) is 0 Å². The van der Waals surface area contributed by atoms with Gasteiger partial charge in [0.15, 0.2) is 5.38 Å². The third kappa shape index (κ3) is 5.23. The maximum absolute atomic E-state index is 5.85. The van der Waals surface area contributed by atoms with Gasteiger partial charge in [0, 0.05) is 19.8 Å². The molecule has 1 aliphatic rings. The molecule has 0 aliphatic carbocycles. The maximum Gasteiger partial charge on any atom is 0.573 e. The molecule has 0 saturated carbocycles. The molecule has 1 fully saturated rings. The molecular formula is C13H26O5Si. The molecule has 1 atom stereocenters. The molecule has 0 spiro atoms. The Hall–Kier alpha value is -0.403. The Balaban J connectivity index is 2.81. The van der Waals surface area contributed by atoms with E-state index < -0.39 is 8.80 Å². The van der Waals surface area contributed by atoms with Gasteiger partial charge in [-0.25, -0.2) is 0 Å². The SMILES string of the molecule is CC/C=C(\OCC1CO1)[Si](OCC)(OCC)OCC. The molecule has 1 aliphatic heterocycles. The molecule has 0 aromatic carbocycles. The Bertz CT molecular complexity index is 261. The first kappa shape index (κ1) is 16.7. The highest BCUT2D eigenvalue weighted by molar-refractivity contribution is 6.68. The van der Waals surface area contributed by atoms with Crippen LogP contribution >= 0.6 is 0 Å². The van der Waals surface area contributed by atoms with Crippen LogP contribution in [0.1, 0.15) is 34.1 Å². The lowest BCUT2D eigenvalue weighted by atomic mass is 10.5. The Morgan fingerprint density at radius 2 is 1.63 bits per heavy atom. The summed E-state index contributed by atoms with van der Waals surface area (Å²) in [5.74, 6) is 0. The molecule has 5 nitrogen and oxygen atoms in total. The maximum atomic E-state index is 5.85. The smallest absolute Gasteiger partial charge is 0.492 e. The number of rotatable bonds is 11. The minimum Gasteiger partial charge on any atom is -0.492 e. The number of allylic oxidation sites excluding steroid dienone is 1. The Morgan fingerprint density at radius 3 is 2.00 bits per heavy atom. The largest absolute Gasteiger partial charge is 0.573 e. The lowest BCUT2D eigenvalue weighted by Crippen LogP contribution is -2.49. The molecule has 112 valence electrons. The van der Waals surface area contributed by atoms with E-state index in [-0.39, 0.29) is 6.10 Å². The average molecular weight is 290 g/mol. The summed E-state index contributed by atoms with van der Waals surface area (Å²) in [6.07, 6.45) is 3.05. The zero-order valence-corrected chi connectivity index (χ0v) is 13.4. The third-order valence-corrected chi connectivity index (χ3v) is 5.48. The molecule has 0 aromatic rings. The second-order valence-corrected chi connectivity index (χ2v) is 6.57. The second-order valence-electron chi connectivity index (χ2n) is 4.10. The molecular weight excluding hydrogens is 264 g/mol. The van der Waals surface area contributed by atoms with Gasteiger partial charge in [-0.2, -0.15) is 0 Å². The van der Waals surface area contributed by atoms with E-state index in [1.54, 1.807) is 0 Å². The van der Waals surface area contributed by atoms with Crippen molar-refractivity contribution in [3.63, 3.8) is 0 Å². The second kappa shape index (κ2) is 8.71. The van der Waals surface area contributed by atoms with E-state index in [1.165, 1.54) is 0 Å². The standard InChI is InChI=1S/C13H26O5Si/c1-5-9-13(15-11-12-10-14-12)19(16-6-2,17-7-3)18-8-4/h9,12H,5-8,10-11H2,1-4H3/b13-9+. The van der Waals surface area contributed by atoms with E-state index in [9.17, 15) is 0 Å². The predicted molar refractivity (Wildman–Crippen MR) is 74.7 cm³/mol. The lowest BCUT2D eigenvalue weighted by molar-refractivity contribution is 0.0542. The Labute approximate surface area is 117 Å². The summed E-state index contributed by atoms with van der Waals surface area (Å²) in [7, 11) is -2.90. The molecule has 1 rings (SSSR count). The quantitative estimate of drug-likeness (QED) is 0.332. The van der Waals surface area contributed by atoms with Crippen molar-refractivity contribution in [2.45, 2.75) is 40.2 Å². The first-order valence-corrected chi connectivity index (χ1v) is 8.81. The van der Waals surface area contributed by atoms with Crippen molar-refractivity contribution in [1.29, 1.82) is 0 Å². The summed E-state index contributed by atoms with van der Waals surface area (Å²) < 4.78 is 28.5. The summed E-state index contributed by atoms with van der Waals surface area (Å²) >= 11 is 0. The Kier molecular flexibility index (Phi) is 7.63. The highest BCUT2D eigenvalue weighted by Gasteiger charge is 2.48. The zero-order chi connectivity index (χ0) is 14.1. The lowest BCUT2D eigenvalue weighted by Gasteiger charge is -2.30. The van der Waals surface area contributed by atoms with Crippen LogP contribution in [0, 0.1) is 0 Å². The van der Waals surface area contributed by atoms with Crippen LogP contribution in [-0.2, 0) is 22.8 Å². The van der Waals surface area contributed by atoms with Crippen LogP contribution in [0.25, 0.3) is 0 Å². The van der Waals surface area contributed by atoms with Crippen LogP contribution in [0.3, 0.4) is 0 Å². The number of ether oxygens (including phenoxy) is 2. The molecule has 1 saturated heterocycles. The van der Waals surface area contributed by atoms with Crippen molar-refractivity contribution in [2.75, 3.05) is 33.0 Å². The molecule has 1 heterocycles. The van der Waals surface area contributed by atoms with E-state index in [1.807, 2.05) is 26.8 Å². The Morgan fingerprint density at radius 1 is 1.11 bits per heavy atom. The molecule has 0 N–H and O–H groups in total. The number of hydrogen-bond donors (Lipinski definition) is 0. The molecule has 0 aromatic heterocycles. The highest BCUT2D eigenvalue weighted by atomic mass is 28.4. The van der Waals surface area contributed by atoms with Crippen molar-refractivity contribution in [2.24, 2.45) is 0 Å². The summed E-state index contributed by atoms with van der Waals surface area (Å²) in [6, 6.07) is 0. The van der Waals surface area contributed by atoms with Gasteiger partial charge in [-0.1, -0.05) is 6.92 Å². The van der Waals surface area contributed by atoms with Gasteiger partial charge in [0.25, 0.3) is 0 Å². The van der Waals surface area contributed by atoms with E-state index in [0.717, 1.165) is 18.4 Å². The molecule has 0 radical (unpaired) electrons. The molecule has 0 amide bonds. The minimum atomic E-state index is -2.90. The topological polar surface area (TPSA) is 49.5 Å². The molecule has 6 heteroatoms. The van der Waals surface area contributed by atoms with Gasteiger partial charge in [-0.05, 0) is 33.3 Å². The van der Waals surface area contributed by atoms with Crippen LogP contribution < -0.4 is 0 Å². The fourth-order valence-corrected chi connectivity index (χ4v) is 4.24. The summed E-state index contributed by atoms with van der Waals surface area (Å²) in [4.78, 5) is 0. The summed E-state index contributed by atoms with van der Waals surface area (Å²) in [5.41, 5.74) is 0. The van der Waals surface area contributed by atoms with Crippen LogP contribution in [0.15, 0.2) is 11.5 Å². The average Bonchev–Trinajstić information content (AvgIpc) is 3.19. The van der Waals surface area contributed by atoms with Gasteiger partial charge < -0.3 is 22.8 Å². The first-order chi connectivity index (χ1) is 9.22. The van der Waals surface area contributed by atoms with Gasteiger partial charge in [0.2, 0.25) is 0 Å². The number of epoxide rings is 1. The van der Waals surface area contributed by atoms with Crippen molar-refractivity contribution in [1.82, 2.24) is 0 Å². The summed E-state index contributed by atoms with van der Waals surface area (Å²) in [6.45, 7) is 10.8. The van der Waals surface area contributed by atoms with Crippen molar-refractivity contribution in [3.05, 3.63) is 11.5 Å². The fraction of sp³-hybridized carbons (Fsp3) is 0.846. The van der Waals surface area contributed by atoms with Gasteiger partial charge in [0.1, 0.15) is 12.7 Å². The van der Waals surface area contributed by atoms with Crippen molar-refractivity contribution < 1.29 is 22.8 Å². The van der Waals surface area contributed by atoms with Gasteiger partial charge >= 0.3 is 8.80 Å². The predicted octanol–water partition coefficient (Wildman–Crippen LogP) is 2.28. The van der Waals surface area contributed by atoms with Gasteiger partial charge in [0.05, 0.1) is 6.61 Å². The summed E-state index contributed by atoms with van der Waals surface area (Å²) in [5, 5.41) is 0.719. The van der Waals surface area contributed by atoms with E-state index in [0.29, 0.717) is 26.4 Å². The van der Waals surface area contributed by atoms with E-state index >= 15 is 0 Å². The van der Waals surface area contributed by atoms with Crippen LogP contribution in [0.2, 0.25) is 0 Å². The van der Waals surface area contributed by atoms with Crippen molar-refractivity contribution in [3.8, 4) is 0 Å². The third-order valence-electron chi connectivity index (χ3n) is 2.52. The van der Waals surface area contributed by atoms with E-state index in [2.05, 4.69) is 6.92 Å². The van der Waals surface area contributed by atoms with E-state index in [4.69, 9.17) is 22.8 Å². The van der Waals surface area contributed by atoms with Crippen LogP contribution in [0.5, 0.6) is 0 Å². The van der Waals surface area contributed by atoms with Crippen LogP contribution in [-0.4, -0.2) is 47.9 Å². The molecule has 0 bridgehead atoms. The van der Waals surface area contributed by atoms with Crippen LogP contribution in [0.4, 0.5) is 0 Å². The molecule has 1 unspecified atom stereocenters. The fourth-order valence-electron chi connectivity index (χ4n) is 1.71. The van der Waals surface area contributed by atoms with Crippen molar-refractivity contribution >= 4 is 8.80 Å². The highest BCUT2D eigenvalue weighted by Crippen LogP contribution is 2.24. The normalized spacial score (nSPS) is 19.6. The minimum absolute atomic E-state index is 0.205. The zero-order valence-electron chi connectivity index (χ0n) is 12.4. The molecule has 19 heavy (non-hydrogen) atoms.